The van der Waals surface area contributed by atoms with E-state index in [0.29, 0.717) is 19.7 Å². The first-order valence-corrected chi connectivity index (χ1v) is 8.31. The average Bonchev–Trinajstić information content (AvgIpc) is 2.58. The number of nitrogens with one attached hydrogen (secondary N) is 2. The van der Waals surface area contributed by atoms with Crippen LogP contribution >= 0.6 is 24.0 Å². The summed E-state index contributed by atoms with van der Waals surface area (Å²) in [5, 5.41) is 6.50. The van der Waals surface area contributed by atoms with Gasteiger partial charge in [-0.2, -0.15) is 0 Å². The van der Waals surface area contributed by atoms with Gasteiger partial charge >= 0.3 is 0 Å². The van der Waals surface area contributed by atoms with Gasteiger partial charge in [0.2, 0.25) is 0 Å². The number of hydrogen-bond acceptors (Lipinski definition) is 3. The Morgan fingerprint density at radius 1 is 1.08 bits per heavy atom. The van der Waals surface area contributed by atoms with Gasteiger partial charge in [-0.3, -0.25) is 4.98 Å². The zero-order valence-electron chi connectivity index (χ0n) is 15.1. The van der Waals surface area contributed by atoms with E-state index < -0.39 is 0 Å². The highest BCUT2D eigenvalue weighted by Gasteiger charge is 1.99. The molecule has 0 unspecified atom stereocenters. The van der Waals surface area contributed by atoms with Gasteiger partial charge < -0.3 is 15.4 Å². The van der Waals surface area contributed by atoms with Gasteiger partial charge in [0, 0.05) is 12.2 Å². The molecule has 2 rings (SSSR count). The fraction of sp³-hybridized carbons (Fsp3) is 0.368. The molecule has 0 saturated carbocycles. The molecule has 1 heterocycles. The molecule has 136 valence electrons. The Kier molecular flexibility index (Phi) is 9.91. The number of rotatable bonds is 7. The standard InChI is InChI=1S/C19H26N4O.HI/c1-4-20-19(22-14-17-7-5-6-16(3)23-17)21-12-13-24-18-10-8-15(2)9-11-18;/h5-11H,4,12-14H2,1-3H3,(H2,20,21,22);1H. The van der Waals surface area contributed by atoms with Crippen LogP contribution in [0, 0.1) is 13.8 Å². The second kappa shape index (κ2) is 11.7. The number of ether oxygens (including phenoxy) is 1. The predicted octanol–water partition coefficient (Wildman–Crippen LogP) is 3.45. The minimum absolute atomic E-state index is 0. The van der Waals surface area contributed by atoms with Crippen LogP contribution in [0.1, 0.15) is 23.9 Å². The number of benzene rings is 1. The molecule has 6 heteroatoms. The lowest BCUT2D eigenvalue weighted by molar-refractivity contribution is 0.322. The van der Waals surface area contributed by atoms with Crippen molar-refractivity contribution in [1.82, 2.24) is 15.6 Å². The predicted molar refractivity (Wildman–Crippen MR) is 114 cm³/mol. The summed E-state index contributed by atoms with van der Waals surface area (Å²) in [6.45, 7) is 8.72. The number of guanidine groups is 1. The molecular formula is C19H27IN4O. The highest BCUT2D eigenvalue weighted by molar-refractivity contribution is 14.0. The molecule has 1 aromatic carbocycles. The maximum absolute atomic E-state index is 5.71. The van der Waals surface area contributed by atoms with Crippen molar-refractivity contribution >= 4 is 29.9 Å². The van der Waals surface area contributed by atoms with Crippen LogP contribution in [0.2, 0.25) is 0 Å². The summed E-state index contributed by atoms with van der Waals surface area (Å²) in [6, 6.07) is 14.0. The summed E-state index contributed by atoms with van der Waals surface area (Å²) in [7, 11) is 0. The number of halogens is 1. The summed E-state index contributed by atoms with van der Waals surface area (Å²) < 4.78 is 5.71. The molecule has 0 bridgehead atoms. The second-order valence-corrected chi connectivity index (χ2v) is 5.55. The number of aromatic nitrogens is 1. The number of aryl methyl sites for hydroxylation is 2. The molecule has 0 atom stereocenters. The van der Waals surface area contributed by atoms with E-state index >= 15 is 0 Å². The van der Waals surface area contributed by atoms with Crippen LogP contribution in [0.3, 0.4) is 0 Å². The summed E-state index contributed by atoms with van der Waals surface area (Å²) in [5.41, 5.74) is 3.20. The molecule has 0 fully saturated rings. The molecule has 2 N–H and O–H groups in total. The first-order chi connectivity index (χ1) is 11.7. The van der Waals surface area contributed by atoms with Crippen molar-refractivity contribution in [3.63, 3.8) is 0 Å². The van der Waals surface area contributed by atoms with Crippen LogP contribution < -0.4 is 15.4 Å². The Balaban J connectivity index is 0.00000312. The molecule has 0 aliphatic heterocycles. The van der Waals surface area contributed by atoms with Gasteiger partial charge in [0.1, 0.15) is 12.4 Å². The van der Waals surface area contributed by atoms with Crippen molar-refractivity contribution in [2.24, 2.45) is 4.99 Å². The van der Waals surface area contributed by atoms with Gasteiger partial charge in [0.15, 0.2) is 5.96 Å². The lowest BCUT2D eigenvalue weighted by Crippen LogP contribution is -2.39. The molecule has 1 aromatic heterocycles. The summed E-state index contributed by atoms with van der Waals surface area (Å²) in [6.07, 6.45) is 0. The molecule has 5 nitrogen and oxygen atoms in total. The van der Waals surface area contributed by atoms with Gasteiger partial charge in [0.05, 0.1) is 18.8 Å². The van der Waals surface area contributed by atoms with E-state index in [0.717, 1.165) is 29.6 Å². The first kappa shape index (κ1) is 21.2. The zero-order valence-corrected chi connectivity index (χ0v) is 17.4. The number of hydrogen-bond donors (Lipinski definition) is 2. The molecular weight excluding hydrogens is 427 g/mol. The average molecular weight is 454 g/mol. The monoisotopic (exact) mass is 454 g/mol. The van der Waals surface area contributed by atoms with Crippen LogP contribution in [0.4, 0.5) is 0 Å². The Hall–Kier alpha value is -1.83. The Bertz CT molecular complexity index is 659. The van der Waals surface area contributed by atoms with Gasteiger partial charge in [-0.15, -0.1) is 24.0 Å². The molecule has 0 spiro atoms. The lowest BCUT2D eigenvalue weighted by atomic mass is 10.2. The van der Waals surface area contributed by atoms with E-state index in [1.54, 1.807) is 0 Å². The number of aliphatic imine (C=N–C) groups is 1. The second-order valence-electron chi connectivity index (χ2n) is 5.55. The van der Waals surface area contributed by atoms with Crippen LogP contribution in [-0.4, -0.2) is 30.6 Å². The fourth-order valence-corrected chi connectivity index (χ4v) is 2.16. The normalized spacial score (nSPS) is 10.8. The van der Waals surface area contributed by atoms with E-state index in [9.17, 15) is 0 Å². The van der Waals surface area contributed by atoms with Crippen LogP contribution in [0.25, 0.3) is 0 Å². The van der Waals surface area contributed by atoms with Crippen LogP contribution in [0.5, 0.6) is 5.75 Å². The van der Waals surface area contributed by atoms with Crippen LogP contribution in [0.15, 0.2) is 47.5 Å². The van der Waals surface area contributed by atoms with E-state index in [4.69, 9.17) is 4.74 Å². The smallest absolute Gasteiger partial charge is 0.191 e. The number of pyridine rings is 1. The van der Waals surface area contributed by atoms with Crippen LogP contribution in [-0.2, 0) is 6.54 Å². The summed E-state index contributed by atoms with van der Waals surface area (Å²) in [4.78, 5) is 9.02. The van der Waals surface area contributed by atoms with Crippen molar-refractivity contribution in [3.8, 4) is 5.75 Å². The van der Waals surface area contributed by atoms with Crippen molar-refractivity contribution in [2.45, 2.75) is 27.3 Å². The highest BCUT2D eigenvalue weighted by atomic mass is 127. The quantitative estimate of drug-likeness (QED) is 0.291. The zero-order chi connectivity index (χ0) is 17.2. The Morgan fingerprint density at radius 2 is 1.84 bits per heavy atom. The molecule has 0 aliphatic carbocycles. The van der Waals surface area contributed by atoms with Gasteiger partial charge in [-0.1, -0.05) is 23.8 Å². The van der Waals surface area contributed by atoms with Gasteiger partial charge in [0.25, 0.3) is 0 Å². The van der Waals surface area contributed by atoms with Crippen molar-refractivity contribution in [2.75, 3.05) is 19.7 Å². The minimum Gasteiger partial charge on any atom is -0.492 e. The summed E-state index contributed by atoms with van der Waals surface area (Å²) in [5.74, 6) is 1.65. The fourth-order valence-electron chi connectivity index (χ4n) is 2.16. The third kappa shape index (κ3) is 8.20. The van der Waals surface area contributed by atoms with E-state index in [2.05, 4.69) is 27.5 Å². The SMILES string of the molecule is CCNC(=NCc1cccc(C)n1)NCCOc1ccc(C)cc1.I. The molecule has 0 aliphatic rings. The molecule has 0 radical (unpaired) electrons. The maximum Gasteiger partial charge on any atom is 0.191 e. The first-order valence-electron chi connectivity index (χ1n) is 8.31. The van der Waals surface area contributed by atoms with Crippen molar-refractivity contribution in [1.29, 1.82) is 0 Å². The highest BCUT2D eigenvalue weighted by Crippen LogP contribution is 2.10. The van der Waals surface area contributed by atoms with E-state index in [-0.39, 0.29) is 24.0 Å². The Labute approximate surface area is 167 Å². The topological polar surface area (TPSA) is 58.5 Å². The van der Waals surface area contributed by atoms with E-state index in [1.807, 2.05) is 56.3 Å². The lowest BCUT2D eigenvalue weighted by Gasteiger charge is -2.12. The molecule has 25 heavy (non-hydrogen) atoms. The third-order valence-corrected chi connectivity index (χ3v) is 3.37. The minimum atomic E-state index is 0. The molecule has 2 aromatic rings. The van der Waals surface area contributed by atoms with E-state index in [1.165, 1.54) is 5.56 Å². The van der Waals surface area contributed by atoms with Gasteiger partial charge in [-0.25, -0.2) is 4.99 Å². The molecule has 0 amide bonds. The van der Waals surface area contributed by atoms with Gasteiger partial charge in [-0.05, 0) is 45.0 Å². The maximum atomic E-state index is 5.71. The largest absolute Gasteiger partial charge is 0.492 e. The number of nitrogens with zero attached hydrogens (tertiary/aromatic N) is 2. The summed E-state index contributed by atoms with van der Waals surface area (Å²) >= 11 is 0. The molecule has 0 saturated heterocycles. The third-order valence-electron chi connectivity index (χ3n) is 3.37. The van der Waals surface area contributed by atoms with Crippen molar-refractivity contribution < 1.29 is 4.74 Å². The Morgan fingerprint density at radius 3 is 2.52 bits per heavy atom. The van der Waals surface area contributed by atoms with Crippen molar-refractivity contribution in [3.05, 3.63) is 59.4 Å².